The Morgan fingerprint density at radius 1 is 0.931 bits per heavy atom. The summed E-state index contributed by atoms with van der Waals surface area (Å²) < 4.78 is 0. The lowest BCUT2D eigenvalue weighted by Crippen LogP contribution is -2.48. The first-order valence-electron chi connectivity index (χ1n) is 10.9. The summed E-state index contributed by atoms with van der Waals surface area (Å²) in [7, 11) is 0. The zero-order valence-corrected chi connectivity index (χ0v) is 16.7. The Bertz CT molecular complexity index is 883. The van der Waals surface area contributed by atoms with Gasteiger partial charge in [-0.3, -0.25) is 4.79 Å². The Balaban J connectivity index is 1.30. The van der Waals surface area contributed by atoms with Crippen molar-refractivity contribution in [1.29, 1.82) is 0 Å². The van der Waals surface area contributed by atoms with Crippen LogP contribution in [0.3, 0.4) is 0 Å². The highest BCUT2D eigenvalue weighted by Crippen LogP contribution is 2.61. The third kappa shape index (κ3) is 3.50. The SMILES string of the molecule is O=C(NCCc1ccc(O)cc1)c1ccc(O)c(C23CC4CC(CC(C4)C2)C3)c1. The number of carbonyl (C=O) groups is 1. The quantitative estimate of drug-likeness (QED) is 0.701. The Kier molecular flexibility index (Phi) is 4.53. The molecule has 4 bridgehead atoms. The van der Waals surface area contributed by atoms with E-state index in [-0.39, 0.29) is 17.1 Å². The van der Waals surface area contributed by atoms with Crippen molar-refractivity contribution >= 4 is 5.91 Å². The molecule has 0 saturated heterocycles. The second kappa shape index (κ2) is 7.08. The van der Waals surface area contributed by atoms with Gasteiger partial charge in [0.05, 0.1) is 0 Å². The van der Waals surface area contributed by atoms with Crippen molar-refractivity contribution in [1.82, 2.24) is 5.32 Å². The Morgan fingerprint density at radius 3 is 2.17 bits per heavy atom. The number of hydrogen-bond acceptors (Lipinski definition) is 3. The van der Waals surface area contributed by atoms with Crippen molar-refractivity contribution in [2.75, 3.05) is 6.54 Å². The van der Waals surface area contributed by atoms with Gasteiger partial charge in [0, 0.05) is 17.7 Å². The predicted molar refractivity (Wildman–Crippen MR) is 112 cm³/mol. The number of rotatable bonds is 5. The number of amides is 1. The molecule has 1 amide bonds. The van der Waals surface area contributed by atoms with Gasteiger partial charge in [-0.15, -0.1) is 0 Å². The van der Waals surface area contributed by atoms with E-state index in [0.29, 0.717) is 24.3 Å². The summed E-state index contributed by atoms with van der Waals surface area (Å²) in [4.78, 5) is 12.7. The first-order chi connectivity index (χ1) is 14.0. The molecular weight excluding hydrogens is 362 g/mol. The monoisotopic (exact) mass is 391 g/mol. The van der Waals surface area contributed by atoms with Crippen LogP contribution in [0.25, 0.3) is 0 Å². The lowest BCUT2D eigenvalue weighted by molar-refractivity contribution is -0.00615. The van der Waals surface area contributed by atoms with Crippen molar-refractivity contribution in [2.24, 2.45) is 17.8 Å². The minimum atomic E-state index is -0.0882. The molecule has 4 aliphatic rings. The normalized spacial score (nSPS) is 29.7. The fourth-order valence-electron chi connectivity index (χ4n) is 6.63. The van der Waals surface area contributed by atoms with Crippen LogP contribution in [-0.2, 0) is 11.8 Å². The summed E-state index contributed by atoms with van der Waals surface area (Å²) in [5.41, 5.74) is 2.78. The van der Waals surface area contributed by atoms with E-state index < -0.39 is 0 Å². The van der Waals surface area contributed by atoms with Crippen molar-refractivity contribution < 1.29 is 15.0 Å². The van der Waals surface area contributed by atoms with Crippen LogP contribution in [0.15, 0.2) is 42.5 Å². The van der Waals surface area contributed by atoms with Gasteiger partial charge in [-0.1, -0.05) is 12.1 Å². The standard InChI is InChI=1S/C25H29NO3/c27-21-4-1-16(2-5-21)7-8-26-24(29)20-3-6-23(28)22(12-20)25-13-17-9-18(14-25)11-19(10-17)15-25/h1-6,12,17-19,27-28H,7-11,13-15H2,(H,26,29). The summed E-state index contributed by atoms with van der Waals surface area (Å²) in [6.45, 7) is 0.539. The minimum Gasteiger partial charge on any atom is -0.508 e. The number of hydrogen-bond donors (Lipinski definition) is 3. The van der Waals surface area contributed by atoms with Gasteiger partial charge >= 0.3 is 0 Å². The van der Waals surface area contributed by atoms with E-state index >= 15 is 0 Å². The molecule has 6 rings (SSSR count). The summed E-state index contributed by atoms with van der Waals surface area (Å²) in [5, 5.41) is 23.0. The van der Waals surface area contributed by atoms with Gasteiger partial charge in [0.25, 0.3) is 5.91 Å². The topological polar surface area (TPSA) is 69.6 Å². The van der Waals surface area contributed by atoms with E-state index in [1.165, 1.54) is 38.5 Å². The molecule has 0 radical (unpaired) electrons. The third-order valence-corrected chi connectivity index (χ3v) is 7.50. The second-order valence-corrected chi connectivity index (χ2v) is 9.60. The van der Waals surface area contributed by atoms with Crippen molar-refractivity contribution in [2.45, 2.75) is 50.4 Å². The molecule has 4 nitrogen and oxygen atoms in total. The molecular formula is C25H29NO3. The van der Waals surface area contributed by atoms with Gasteiger partial charge in [-0.05, 0) is 104 Å². The Labute approximate surface area is 172 Å². The summed E-state index contributed by atoms with van der Waals surface area (Å²) in [5.74, 6) is 2.90. The number of aromatic hydroxyl groups is 2. The van der Waals surface area contributed by atoms with Crippen LogP contribution in [0.4, 0.5) is 0 Å². The molecule has 0 unspecified atom stereocenters. The van der Waals surface area contributed by atoms with Crippen LogP contribution < -0.4 is 5.32 Å². The predicted octanol–water partition coefficient (Wildman–Crippen LogP) is 4.54. The highest BCUT2D eigenvalue weighted by Gasteiger charge is 2.52. The van der Waals surface area contributed by atoms with E-state index in [0.717, 1.165) is 28.9 Å². The summed E-state index contributed by atoms with van der Waals surface area (Å²) in [6.07, 6.45) is 8.29. The molecule has 4 fully saturated rings. The molecule has 4 heteroatoms. The van der Waals surface area contributed by atoms with Gasteiger partial charge in [0.1, 0.15) is 11.5 Å². The molecule has 0 heterocycles. The van der Waals surface area contributed by atoms with Crippen molar-refractivity contribution in [3.05, 3.63) is 59.2 Å². The summed E-state index contributed by atoms with van der Waals surface area (Å²) >= 11 is 0. The van der Waals surface area contributed by atoms with Gasteiger partial charge < -0.3 is 15.5 Å². The number of benzene rings is 2. The van der Waals surface area contributed by atoms with Crippen LogP contribution in [0, 0.1) is 17.8 Å². The molecule has 4 saturated carbocycles. The number of phenolic OH excluding ortho intramolecular Hbond substituents is 2. The average Bonchev–Trinajstić information content (AvgIpc) is 2.68. The van der Waals surface area contributed by atoms with E-state index in [1.807, 2.05) is 18.2 Å². The van der Waals surface area contributed by atoms with Gasteiger partial charge in [0.15, 0.2) is 0 Å². The van der Waals surface area contributed by atoms with Crippen LogP contribution in [0.5, 0.6) is 11.5 Å². The van der Waals surface area contributed by atoms with Crippen molar-refractivity contribution in [3.8, 4) is 11.5 Å². The largest absolute Gasteiger partial charge is 0.508 e. The molecule has 0 aliphatic heterocycles. The average molecular weight is 392 g/mol. The molecule has 0 spiro atoms. The molecule has 152 valence electrons. The van der Waals surface area contributed by atoms with Crippen LogP contribution in [0.2, 0.25) is 0 Å². The number of carbonyl (C=O) groups excluding carboxylic acids is 1. The lowest BCUT2D eigenvalue weighted by atomic mass is 9.48. The zero-order chi connectivity index (χ0) is 20.0. The van der Waals surface area contributed by atoms with E-state index in [9.17, 15) is 15.0 Å². The maximum atomic E-state index is 12.7. The van der Waals surface area contributed by atoms with Crippen LogP contribution >= 0.6 is 0 Å². The minimum absolute atomic E-state index is 0.0706. The van der Waals surface area contributed by atoms with E-state index in [1.54, 1.807) is 24.3 Å². The van der Waals surface area contributed by atoms with Crippen LogP contribution in [-0.4, -0.2) is 22.7 Å². The molecule has 4 aliphatic carbocycles. The Morgan fingerprint density at radius 2 is 1.55 bits per heavy atom. The summed E-state index contributed by atoms with van der Waals surface area (Å²) in [6, 6.07) is 12.5. The third-order valence-electron chi connectivity index (χ3n) is 7.50. The highest BCUT2D eigenvalue weighted by atomic mass is 16.3. The first-order valence-corrected chi connectivity index (χ1v) is 10.9. The van der Waals surface area contributed by atoms with Gasteiger partial charge in [0.2, 0.25) is 0 Å². The maximum Gasteiger partial charge on any atom is 0.251 e. The van der Waals surface area contributed by atoms with E-state index in [4.69, 9.17) is 0 Å². The molecule has 0 aromatic heterocycles. The molecule has 29 heavy (non-hydrogen) atoms. The molecule has 0 atom stereocenters. The zero-order valence-electron chi connectivity index (χ0n) is 16.7. The maximum absolute atomic E-state index is 12.7. The molecule has 2 aromatic carbocycles. The van der Waals surface area contributed by atoms with Gasteiger partial charge in [-0.25, -0.2) is 0 Å². The smallest absolute Gasteiger partial charge is 0.251 e. The Hall–Kier alpha value is -2.49. The molecule has 2 aromatic rings. The molecule has 3 N–H and O–H groups in total. The van der Waals surface area contributed by atoms with E-state index in [2.05, 4.69) is 5.32 Å². The van der Waals surface area contributed by atoms with Gasteiger partial charge in [-0.2, -0.15) is 0 Å². The fraction of sp³-hybridized carbons (Fsp3) is 0.480. The fourth-order valence-corrected chi connectivity index (χ4v) is 6.63. The lowest BCUT2D eigenvalue weighted by Gasteiger charge is -2.57. The number of phenols is 2. The van der Waals surface area contributed by atoms with Crippen LogP contribution in [0.1, 0.15) is 60.0 Å². The first kappa shape index (κ1) is 18.5. The second-order valence-electron chi connectivity index (χ2n) is 9.60. The number of nitrogens with one attached hydrogen (secondary N) is 1. The highest BCUT2D eigenvalue weighted by molar-refractivity contribution is 5.94. The van der Waals surface area contributed by atoms with Crippen molar-refractivity contribution in [3.63, 3.8) is 0 Å².